The van der Waals surface area contributed by atoms with Crippen LogP contribution in [0.1, 0.15) is 11.4 Å². The lowest BCUT2D eigenvalue weighted by Gasteiger charge is -2.33. The Morgan fingerprint density at radius 2 is 1.89 bits per heavy atom. The minimum absolute atomic E-state index is 0.0984. The Morgan fingerprint density at radius 3 is 2.47 bits per heavy atom. The SMILES string of the molecule is CN/C=C(C(=O)Nc1ccc(SN2CCN(c3nc(C)cc(C#N)n3)CC2)cc1)\C(N)=N\S(C)(=O)=O. The molecule has 12 nitrogen and oxygen atoms in total. The van der Waals surface area contributed by atoms with Crippen LogP contribution in [0.4, 0.5) is 11.6 Å². The number of piperazine rings is 1. The quantitative estimate of drug-likeness (QED) is 0.192. The number of carbonyl (C=O) groups excluding carboxylic acids is 1. The number of amidine groups is 1. The molecule has 0 unspecified atom stereocenters. The summed E-state index contributed by atoms with van der Waals surface area (Å²) in [7, 11) is -2.19. The van der Waals surface area contributed by atoms with E-state index in [0.717, 1.165) is 43.0 Å². The van der Waals surface area contributed by atoms with Crippen LogP contribution in [0.15, 0.2) is 51.4 Å². The number of sulfonamides is 1. The third-order valence-corrected chi connectivity index (χ3v) is 6.53. The second kappa shape index (κ2) is 11.8. The van der Waals surface area contributed by atoms with E-state index in [1.165, 1.54) is 6.20 Å². The van der Waals surface area contributed by atoms with E-state index in [2.05, 4.69) is 40.3 Å². The lowest BCUT2D eigenvalue weighted by molar-refractivity contribution is -0.112. The number of hydrogen-bond donors (Lipinski definition) is 3. The van der Waals surface area contributed by atoms with Crippen molar-refractivity contribution in [2.24, 2.45) is 10.1 Å². The fourth-order valence-electron chi connectivity index (χ4n) is 3.31. The summed E-state index contributed by atoms with van der Waals surface area (Å²) in [5, 5.41) is 14.5. The van der Waals surface area contributed by atoms with Gasteiger partial charge in [-0.05, 0) is 49.2 Å². The van der Waals surface area contributed by atoms with Gasteiger partial charge in [0, 0.05) is 55.7 Å². The number of nitrogens with two attached hydrogens (primary N) is 1. The molecule has 0 atom stereocenters. The number of anilines is 2. The van der Waals surface area contributed by atoms with Crippen LogP contribution in [0.2, 0.25) is 0 Å². The third kappa shape index (κ3) is 7.67. The van der Waals surface area contributed by atoms with Crippen LogP contribution in [0.25, 0.3) is 0 Å². The Kier molecular flexibility index (Phi) is 8.86. The normalized spacial score (nSPS) is 15.3. The van der Waals surface area contributed by atoms with Crippen molar-refractivity contribution in [2.75, 3.05) is 49.7 Å². The van der Waals surface area contributed by atoms with Crippen molar-refractivity contribution in [1.82, 2.24) is 19.6 Å². The van der Waals surface area contributed by atoms with Gasteiger partial charge in [-0.1, -0.05) is 0 Å². The molecule has 2 heterocycles. The zero-order valence-electron chi connectivity index (χ0n) is 20.1. The number of hydrogen-bond acceptors (Lipinski definition) is 10. The van der Waals surface area contributed by atoms with Gasteiger partial charge in [0.25, 0.3) is 15.9 Å². The largest absolute Gasteiger partial charge is 0.393 e. The predicted molar refractivity (Wildman–Crippen MR) is 140 cm³/mol. The van der Waals surface area contributed by atoms with Gasteiger partial charge in [-0.3, -0.25) is 4.79 Å². The maximum Gasteiger partial charge on any atom is 0.260 e. The molecule has 1 aliphatic rings. The number of aryl methyl sites for hydroxylation is 1. The van der Waals surface area contributed by atoms with Crippen LogP contribution < -0.4 is 21.3 Å². The zero-order valence-corrected chi connectivity index (χ0v) is 21.7. The number of nitriles is 1. The molecular weight excluding hydrogens is 502 g/mol. The van der Waals surface area contributed by atoms with E-state index in [4.69, 9.17) is 11.0 Å². The monoisotopic (exact) mass is 529 g/mol. The maximum atomic E-state index is 12.6. The van der Waals surface area contributed by atoms with E-state index in [-0.39, 0.29) is 5.57 Å². The molecule has 0 saturated carbocycles. The van der Waals surface area contributed by atoms with Gasteiger partial charge >= 0.3 is 0 Å². The van der Waals surface area contributed by atoms with Crippen molar-refractivity contribution >= 4 is 45.3 Å². The zero-order chi connectivity index (χ0) is 26.3. The van der Waals surface area contributed by atoms with Crippen LogP contribution in [0, 0.1) is 18.3 Å². The summed E-state index contributed by atoms with van der Waals surface area (Å²) in [6.07, 6.45) is 2.18. The van der Waals surface area contributed by atoms with Crippen molar-refractivity contribution in [3.8, 4) is 6.07 Å². The van der Waals surface area contributed by atoms with Crippen molar-refractivity contribution < 1.29 is 13.2 Å². The lowest BCUT2D eigenvalue weighted by Crippen LogP contribution is -2.44. The number of amides is 1. The highest BCUT2D eigenvalue weighted by molar-refractivity contribution is 7.97. The second-order valence-corrected chi connectivity index (χ2v) is 10.7. The fourth-order valence-corrected chi connectivity index (χ4v) is 4.66. The summed E-state index contributed by atoms with van der Waals surface area (Å²) >= 11 is 1.60. The van der Waals surface area contributed by atoms with Crippen LogP contribution in [0.3, 0.4) is 0 Å². The molecule has 0 aliphatic carbocycles. The first-order chi connectivity index (χ1) is 17.1. The van der Waals surface area contributed by atoms with Gasteiger partial charge in [0.05, 0.1) is 11.8 Å². The van der Waals surface area contributed by atoms with E-state index >= 15 is 0 Å². The van der Waals surface area contributed by atoms with E-state index in [1.807, 2.05) is 19.1 Å². The molecule has 0 radical (unpaired) electrons. The highest BCUT2D eigenvalue weighted by Crippen LogP contribution is 2.26. The van der Waals surface area contributed by atoms with Gasteiger partial charge < -0.3 is 21.3 Å². The topological polar surface area (TPSA) is 170 Å². The third-order valence-electron chi connectivity index (χ3n) is 4.90. The van der Waals surface area contributed by atoms with Gasteiger partial charge in [-0.2, -0.15) is 5.26 Å². The molecule has 2 aromatic rings. The van der Waals surface area contributed by atoms with Gasteiger partial charge in [-0.25, -0.2) is 22.7 Å². The molecule has 190 valence electrons. The molecule has 1 aromatic carbocycles. The Morgan fingerprint density at radius 1 is 1.22 bits per heavy atom. The first-order valence-electron chi connectivity index (χ1n) is 10.9. The molecule has 1 aromatic heterocycles. The number of nitrogens with one attached hydrogen (secondary N) is 2. The van der Waals surface area contributed by atoms with Crippen molar-refractivity contribution in [3.63, 3.8) is 0 Å². The Balaban J connectivity index is 1.57. The number of benzene rings is 1. The van der Waals surface area contributed by atoms with Crippen molar-refractivity contribution in [3.05, 3.63) is 53.5 Å². The molecule has 3 rings (SSSR count). The van der Waals surface area contributed by atoms with E-state index in [0.29, 0.717) is 17.3 Å². The minimum Gasteiger partial charge on any atom is -0.393 e. The number of nitrogens with zero attached hydrogens (tertiary/aromatic N) is 6. The predicted octanol–water partition coefficient (Wildman–Crippen LogP) is 0.845. The summed E-state index contributed by atoms with van der Waals surface area (Å²) in [5.74, 6) is -0.426. The van der Waals surface area contributed by atoms with Crippen molar-refractivity contribution in [1.29, 1.82) is 5.26 Å². The molecule has 1 fully saturated rings. The van der Waals surface area contributed by atoms with Gasteiger partial charge in [0.2, 0.25) is 5.95 Å². The Bertz CT molecular complexity index is 1310. The molecule has 0 spiro atoms. The standard InChI is InChI=1S/C22H27N9O3S2/c1-15-12-17(13-23)28-22(26-15)30-8-10-31(11-9-30)35-18-6-4-16(5-7-18)27-21(32)19(14-25-2)20(24)29-36(3,33)34/h4-7,12,14,25H,8-11H2,1-3H3,(H2,24,29)(H,27,32)/b19-14+. The first kappa shape index (κ1) is 26.9. The van der Waals surface area contributed by atoms with Gasteiger partial charge in [-0.15, -0.1) is 4.40 Å². The first-order valence-corrected chi connectivity index (χ1v) is 13.5. The molecule has 4 N–H and O–H groups in total. The maximum absolute atomic E-state index is 12.6. The van der Waals surface area contributed by atoms with Gasteiger partial charge in [0.1, 0.15) is 11.8 Å². The number of rotatable bonds is 8. The van der Waals surface area contributed by atoms with Crippen LogP contribution in [0.5, 0.6) is 0 Å². The summed E-state index contributed by atoms with van der Waals surface area (Å²) in [6.45, 7) is 4.86. The highest BCUT2D eigenvalue weighted by Gasteiger charge is 2.21. The minimum atomic E-state index is -3.75. The van der Waals surface area contributed by atoms with E-state index in [9.17, 15) is 13.2 Å². The highest BCUT2D eigenvalue weighted by atomic mass is 32.2. The Hall–Kier alpha value is -3.67. The molecule has 0 bridgehead atoms. The fraction of sp³-hybridized carbons (Fsp3) is 0.318. The lowest BCUT2D eigenvalue weighted by atomic mass is 10.2. The van der Waals surface area contributed by atoms with Crippen LogP contribution >= 0.6 is 11.9 Å². The summed E-state index contributed by atoms with van der Waals surface area (Å²) in [6, 6.07) is 11.0. The van der Waals surface area contributed by atoms with E-state index < -0.39 is 21.8 Å². The van der Waals surface area contributed by atoms with Crippen LogP contribution in [-0.2, 0) is 14.8 Å². The van der Waals surface area contributed by atoms with E-state index in [1.54, 1.807) is 37.2 Å². The number of aromatic nitrogens is 2. The summed E-state index contributed by atoms with van der Waals surface area (Å²) in [5.41, 5.74) is 7.26. The average Bonchev–Trinajstić information content (AvgIpc) is 2.82. The smallest absolute Gasteiger partial charge is 0.260 e. The van der Waals surface area contributed by atoms with Gasteiger partial charge in [0.15, 0.2) is 5.84 Å². The molecule has 36 heavy (non-hydrogen) atoms. The molecule has 14 heteroatoms. The molecule has 1 aliphatic heterocycles. The summed E-state index contributed by atoms with van der Waals surface area (Å²) in [4.78, 5) is 24.4. The van der Waals surface area contributed by atoms with Crippen molar-refractivity contribution in [2.45, 2.75) is 11.8 Å². The average molecular weight is 530 g/mol. The Labute approximate surface area is 214 Å². The molecule has 1 amide bonds. The summed E-state index contributed by atoms with van der Waals surface area (Å²) < 4.78 is 28.4. The molecule has 1 saturated heterocycles. The molecular formula is C22H27N9O3S2. The number of carbonyl (C=O) groups is 1. The second-order valence-electron chi connectivity index (χ2n) is 7.85. The van der Waals surface area contributed by atoms with Crippen LogP contribution in [-0.4, -0.2) is 73.9 Å².